The van der Waals surface area contributed by atoms with Gasteiger partial charge in [0.1, 0.15) is 12.3 Å². The van der Waals surface area contributed by atoms with Gasteiger partial charge in [-0.2, -0.15) is 0 Å². The Balaban J connectivity index is 2.26. The van der Waals surface area contributed by atoms with E-state index in [0.29, 0.717) is 15.5 Å². The number of esters is 1. The van der Waals surface area contributed by atoms with Gasteiger partial charge in [0.25, 0.3) is 5.91 Å². The summed E-state index contributed by atoms with van der Waals surface area (Å²) >= 11 is 1.20. The van der Waals surface area contributed by atoms with Crippen LogP contribution in [0.25, 0.3) is 0 Å². The second kappa shape index (κ2) is 4.44. The van der Waals surface area contributed by atoms with Gasteiger partial charge in [-0.05, 0) is 26.3 Å². The van der Waals surface area contributed by atoms with Gasteiger partial charge in [0.15, 0.2) is 0 Å². The molecule has 1 amide bonds. The molecule has 1 atom stereocenters. The first-order valence-electron chi connectivity index (χ1n) is 5.24. The van der Waals surface area contributed by atoms with Crippen LogP contribution >= 0.6 is 11.8 Å². The molecule has 0 aromatic heterocycles. The smallest absolute Gasteiger partial charge is 0.345 e. The molecule has 0 fully saturated rings. The van der Waals surface area contributed by atoms with Crippen molar-refractivity contribution in [3.8, 4) is 0 Å². The Morgan fingerprint density at radius 2 is 2.24 bits per heavy atom. The molecule has 0 aromatic rings. The lowest BCUT2D eigenvalue weighted by Gasteiger charge is -2.09. The molecule has 2 aliphatic rings. The Hall–Kier alpha value is -1.43. The van der Waals surface area contributed by atoms with Gasteiger partial charge >= 0.3 is 5.97 Å². The molecular weight excluding hydrogens is 240 g/mol. The van der Waals surface area contributed by atoms with Crippen molar-refractivity contribution in [1.82, 2.24) is 0 Å². The molecular formula is C11H12N2O3S. The third kappa shape index (κ3) is 2.17. The van der Waals surface area contributed by atoms with Crippen molar-refractivity contribution in [2.75, 3.05) is 0 Å². The molecule has 0 radical (unpaired) electrons. The average Bonchev–Trinajstić information content (AvgIpc) is 2.56. The molecule has 0 N–H and O–H groups in total. The average molecular weight is 252 g/mol. The van der Waals surface area contributed by atoms with E-state index in [1.807, 2.05) is 0 Å². The summed E-state index contributed by atoms with van der Waals surface area (Å²) in [6.45, 7) is 5.31. The number of nitrogens with zero attached hydrogens (tertiary/aromatic N) is 2. The first-order chi connectivity index (χ1) is 8.00. The highest BCUT2D eigenvalue weighted by Crippen LogP contribution is 2.40. The van der Waals surface area contributed by atoms with Crippen molar-refractivity contribution in [1.29, 1.82) is 0 Å². The van der Waals surface area contributed by atoms with E-state index in [1.165, 1.54) is 18.1 Å². The summed E-state index contributed by atoms with van der Waals surface area (Å²) in [5.41, 5.74) is 0.682. The first-order valence-corrected chi connectivity index (χ1v) is 6.06. The molecule has 0 spiro atoms. The van der Waals surface area contributed by atoms with Gasteiger partial charge < -0.3 is 4.74 Å². The molecule has 2 heterocycles. The SMILES string of the molecule is CC1=C(C(=O)OC(C)C)SC2=NC=NC(=O)C21. The first kappa shape index (κ1) is 12.0. The van der Waals surface area contributed by atoms with Crippen molar-refractivity contribution in [3.63, 3.8) is 0 Å². The highest BCUT2D eigenvalue weighted by molar-refractivity contribution is 8.18. The Kier molecular flexibility index (Phi) is 3.15. The quantitative estimate of drug-likeness (QED) is 0.699. The van der Waals surface area contributed by atoms with E-state index in [1.54, 1.807) is 20.8 Å². The molecule has 0 aromatic carbocycles. The maximum absolute atomic E-state index is 11.8. The van der Waals surface area contributed by atoms with Gasteiger partial charge in [-0.15, -0.1) is 0 Å². The zero-order chi connectivity index (χ0) is 12.6. The van der Waals surface area contributed by atoms with E-state index in [4.69, 9.17) is 4.74 Å². The zero-order valence-electron chi connectivity index (χ0n) is 9.76. The lowest BCUT2D eigenvalue weighted by atomic mass is 10.0. The summed E-state index contributed by atoms with van der Waals surface area (Å²) in [5, 5.41) is 0.609. The van der Waals surface area contributed by atoms with E-state index in [2.05, 4.69) is 9.98 Å². The van der Waals surface area contributed by atoms with E-state index in [0.717, 1.165) is 0 Å². The third-order valence-electron chi connectivity index (χ3n) is 2.39. The summed E-state index contributed by atoms with van der Waals surface area (Å²) in [6, 6.07) is 0. The van der Waals surface area contributed by atoms with Crippen LogP contribution in [0.3, 0.4) is 0 Å². The molecule has 90 valence electrons. The number of thioether (sulfide) groups is 1. The van der Waals surface area contributed by atoms with Crippen molar-refractivity contribution in [2.24, 2.45) is 15.9 Å². The monoisotopic (exact) mass is 252 g/mol. The van der Waals surface area contributed by atoms with E-state index >= 15 is 0 Å². The number of carbonyl (C=O) groups is 2. The second-order valence-corrected chi connectivity index (χ2v) is 5.08. The van der Waals surface area contributed by atoms with Crippen LogP contribution in [0.1, 0.15) is 20.8 Å². The van der Waals surface area contributed by atoms with Crippen molar-refractivity contribution >= 4 is 35.0 Å². The van der Waals surface area contributed by atoms with Crippen LogP contribution in [0.5, 0.6) is 0 Å². The lowest BCUT2D eigenvalue weighted by Crippen LogP contribution is -2.21. The predicted octanol–water partition coefficient (Wildman–Crippen LogP) is 1.54. The molecule has 2 aliphatic heterocycles. The fourth-order valence-electron chi connectivity index (χ4n) is 1.64. The molecule has 2 rings (SSSR count). The highest BCUT2D eigenvalue weighted by Gasteiger charge is 2.39. The Labute approximate surface area is 103 Å². The summed E-state index contributed by atoms with van der Waals surface area (Å²) < 4.78 is 5.12. The second-order valence-electron chi connectivity index (χ2n) is 4.05. The van der Waals surface area contributed by atoms with Crippen molar-refractivity contribution < 1.29 is 14.3 Å². The number of hydrogen-bond acceptors (Lipinski definition) is 5. The molecule has 0 saturated heterocycles. The van der Waals surface area contributed by atoms with E-state index < -0.39 is 11.9 Å². The molecule has 6 heteroatoms. The van der Waals surface area contributed by atoms with Gasteiger partial charge in [-0.3, -0.25) is 4.79 Å². The van der Waals surface area contributed by atoms with Crippen LogP contribution in [-0.4, -0.2) is 29.4 Å². The van der Waals surface area contributed by atoms with Gasteiger partial charge in [0.05, 0.1) is 16.1 Å². The van der Waals surface area contributed by atoms with Crippen LogP contribution in [0.15, 0.2) is 20.5 Å². The number of rotatable bonds is 2. The number of aliphatic imine (C=N–C) groups is 2. The van der Waals surface area contributed by atoms with E-state index in [9.17, 15) is 9.59 Å². The minimum Gasteiger partial charge on any atom is -0.459 e. The topological polar surface area (TPSA) is 68.1 Å². The molecule has 0 saturated carbocycles. The minimum absolute atomic E-state index is 0.181. The number of carbonyl (C=O) groups excluding carboxylic acids is 2. The lowest BCUT2D eigenvalue weighted by molar-refractivity contribution is -0.141. The summed E-state index contributed by atoms with van der Waals surface area (Å²) in [7, 11) is 0. The van der Waals surface area contributed by atoms with Crippen LogP contribution in [0, 0.1) is 5.92 Å². The normalized spacial score (nSPS) is 22.9. The summed E-state index contributed by atoms with van der Waals surface area (Å²) in [5.74, 6) is -1.15. The Bertz CT molecular complexity index is 477. The predicted molar refractivity (Wildman–Crippen MR) is 65.9 cm³/mol. The molecule has 5 nitrogen and oxygen atoms in total. The maximum Gasteiger partial charge on any atom is 0.345 e. The van der Waals surface area contributed by atoms with Gasteiger partial charge in [-0.1, -0.05) is 11.8 Å². The number of ether oxygens (including phenoxy) is 1. The van der Waals surface area contributed by atoms with Crippen LogP contribution in [0.4, 0.5) is 0 Å². The van der Waals surface area contributed by atoms with Crippen molar-refractivity contribution in [2.45, 2.75) is 26.9 Å². The highest BCUT2D eigenvalue weighted by atomic mass is 32.2. The van der Waals surface area contributed by atoms with Crippen LogP contribution in [0.2, 0.25) is 0 Å². The maximum atomic E-state index is 11.8. The Morgan fingerprint density at radius 1 is 1.53 bits per heavy atom. The standard InChI is InChI=1S/C11H12N2O3S/c1-5(2)16-11(15)8-6(3)7-9(14)12-4-13-10(7)17-8/h4-5,7H,1-3H3. The molecule has 1 unspecified atom stereocenters. The van der Waals surface area contributed by atoms with Gasteiger partial charge in [-0.25, -0.2) is 14.8 Å². The van der Waals surface area contributed by atoms with E-state index in [-0.39, 0.29) is 12.0 Å². The molecule has 0 aliphatic carbocycles. The Morgan fingerprint density at radius 3 is 2.82 bits per heavy atom. The van der Waals surface area contributed by atoms with Crippen LogP contribution in [-0.2, 0) is 14.3 Å². The van der Waals surface area contributed by atoms with Crippen LogP contribution < -0.4 is 0 Å². The zero-order valence-corrected chi connectivity index (χ0v) is 10.6. The molecule has 0 bridgehead atoms. The molecule has 17 heavy (non-hydrogen) atoms. The number of amides is 1. The van der Waals surface area contributed by atoms with Crippen molar-refractivity contribution in [3.05, 3.63) is 10.5 Å². The minimum atomic E-state index is -0.486. The number of hydrogen-bond donors (Lipinski definition) is 0. The van der Waals surface area contributed by atoms with Gasteiger partial charge in [0.2, 0.25) is 0 Å². The third-order valence-corrected chi connectivity index (χ3v) is 3.63. The summed E-state index contributed by atoms with van der Waals surface area (Å²) in [4.78, 5) is 31.5. The number of fused-ring (bicyclic) bond motifs is 1. The fourth-order valence-corrected chi connectivity index (χ4v) is 2.75. The summed E-state index contributed by atoms with van der Waals surface area (Å²) in [6.07, 6.45) is 1.05. The van der Waals surface area contributed by atoms with Gasteiger partial charge in [0, 0.05) is 0 Å². The fraction of sp³-hybridized carbons (Fsp3) is 0.455. The largest absolute Gasteiger partial charge is 0.459 e.